The molecule has 1 heterocycles. The van der Waals surface area contributed by atoms with Gasteiger partial charge >= 0.3 is 0 Å². The van der Waals surface area contributed by atoms with Crippen molar-refractivity contribution in [1.82, 2.24) is 15.5 Å². The molecule has 1 amide bonds. The Bertz CT molecular complexity index is 613. The van der Waals surface area contributed by atoms with Gasteiger partial charge in [-0.15, -0.1) is 10.2 Å². The van der Waals surface area contributed by atoms with Crippen molar-refractivity contribution >= 4 is 23.3 Å². The van der Waals surface area contributed by atoms with Crippen LogP contribution in [0.4, 0.5) is 5.82 Å². The van der Waals surface area contributed by atoms with Crippen molar-refractivity contribution in [1.29, 1.82) is 0 Å². The summed E-state index contributed by atoms with van der Waals surface area (Å²) < 4.78 is 0. The first-order valence-corrected chi connectivity index (χ1v) is 8.17. The van der Waals surface area contributed by atoms with Gasteiger partial charge in [0.2, 0.25) is 0 Å². The number of unbranched alkanes of at least 4 members (excludes halogenated alkanes) is 1. The van der Waals surface area contributed by atoms with Gasteiger partial charge in [-0.2, -0.15) is 0 Å². The van der Waals surface area contributed by atoms with E-state index in [0.29, 0.717) is 23.1 Å². The number of hydrogen-bond donors (Lipinski definition) is 2. The molecule has 0 bridgehead atoms. The number of nitrogens with one attached hydrogen (secondary N) is 2. The number of amides is 1. The number of nitrogens with zero attached hydrogens (tertiary/aromatic N) is 2. The maximum atomic E-state index is 12.0. The van der Waals surface area contributed by atoms with Crippen LogP contribution in [0.25, 0.3) is 0 Å². The van der Waals surface area contributed by atoms with Crippen molar-refractivity contribution in [3.63, 3.8) is 0 Å². The van der Waals surface area contributed by atoms with Crippen LogP contribution in [-0.2, 0) is 6.42 Å². The molecule has 2 N–H and O–H groups in total. The Hall–Kier alpha value is -2.14. The molecule has 23 heavy (non-hydrogen) atoms. The van der Waals surface area contributed by atoms with Crippen LogP contribution < -0.4 is 10.6 Å². The third-order valence-electron chi connectivity index (χ3n) is 3.35. The fourth-order valence-corrected chi connectivity index (χ4v) is 2.13. The lowest BCUT2D eigenvalue weighted by molar-refractivity contribution is 0.0948. The summed E-state index contributed by atoms with van der Waals surface area (Å²) in [6.45, 7) is 3.53. The van der Waals surface area contributed by atoms with E-state index < -0.39 is 0 Å². The molecule has 1 aromatic heterocycles. The van der Waals surface area contributed by atoms with Crippen molar-refractivity contribution in [2.45, 2.75) is 26.2 Å². The first-order chi connectivity index (χ1) is 11.2. The molecule has 0 fully saturated rings. The Kier molecular flexibility index (Phi) is 6.81. The quantitative estimate of drug-likeness (QED) is 0.728. The molecule has 0 aliphatic heterocycles. The number of carbonyl (C=O) groups excluding carboxylic acids is 1. The molecule has 2 rings (SSSR count). The highest BCUT2D eigenvalue weighted by molar-refractivity contribution is 6.30. The molecule has 0 radical (unpaired) electrons. The van der Waals surface area contributed by atoms with E-state index in [4.69, 9.17) is 11.6 Å². The maximum absolute atomic E-state index is 12.0. The monoisotopic (exact) mass is 332 g/mol. The van der Waals surface area contributed by atoms with Crippen LogP contribution >= 0.6 is 11.6 Å². The van der Waals surface area contributed by atoms with Gasteiger partial charge in [-0.25, -0.2) is 0 Å². The van der Waals surface area contributed by atoms with Gasteiger partial charge in [0.15, 0.2) is 5.69 Å². The van der Waals surface area contributed by atoms with Gasteiger partial charge in [0.25, 0.3) is 5.91 Å². The highest BCUT2D eigenvalue weighted by Gasteiger charge is 2.07. The van der Waals surface area contributed by atoms with Gasteiger partial charge in [0, 0.05) is 18.1 Å². The number of aromatic nitrogens is 2. The molecular formula is C17H21ClN4O. The number of rotatable bonds is 8. The van der Waals surface area contributed by atoms with E-state index in [1.165, 1.54) is 0 Å². The van der Waals surface area contributed by atoms with E-state index >= 15 is 0 Å². The molecule has 122 valence electrons. The normalized spacial score (nSPS) is 10.3. The van der Waals surface area contributed by atoms with Gasteiger partial charge in [0.1, 0.15) is 5.82 Å². The Morgan fingerprint density at radius 3 is 2.52 bits per heavy atom. The molecule has 1 aromatic carbocycles. The van der Waals surface area contributed by atoms with Crippen molar-refractivity contribution in [3.05, 3.63) is 52.7 Å². The van der Waals surface area contributed by atoms with Crippen LogP contribution in [0, 0.1) is 0 Å². The molecule has 5 nitrogen and oxygen atoms in total. The summed E-state index contributed by atoms with van der Waals surface area (Å²) in [7, 11) is 0. The molecule has 0 saturated carbocycles. The van der Waals surface area contributed by atoms with Crippen molar-refractivity contribution in [2.75, 3.05) is 18.4 Å². The summed E-state index contributed by atoms with van der Waals surface area (Å²) in [4.78, 5) is 12.0. The molecule has 0 saturated heterocycles. The molecule has 0 aliphatic carbocycles. The summed E-state index contributed by atoms with van der Waals surface area (Å²) in [5, 5.41) is 14.7. The van der Waals surface area contributed by atoms with E-state index in [2.05, 4.69) is 27.8 Å². The minimum Gasteiger partial charge on any atom is -0.369 e. The van der Waals surface area contributed by atoms with Crippen LogP contribution in [0.2, 0.25) is 5.02 Å². The lowest BCUT2D eigenvalue weighted by atomic mass is 10.1. The van der Waals surface area contributed by atoms with E-state index in [9.17, 15) is 4.79 Å². The molecule has 0 atom stereocenters. The number of benzene rings is 1. The first-order valence-electron chi connectivity index (χ1n) is 7.79. The second-order valence-corrected chi connectivity index (χ2v) is 5.65. The van der Waals surface area contributed by atoms with Crippen LogP contribution in [0.5, 0.6) is 0 Å². The lowest BCUT2D eigenvalue weighted by Crippen LogP contribution is -2.26. The van der Waals surface area contributed by atoms with Crippen LogP contribution in [0.1, 0.15) is 35.8 Å². The Balaban J connectivity index is 1.77. The average molecular weight is 333 g/mol. The Labute approximate surface area is 141 Å². The van der Waals surface area contributed by atoms with Gasteiger partial charge in [-0.1, -0.05) is 37.1 Å². The second-order valence-electron chi connectivity index (χ2n) is 5.22. The Morgan fingerprint density at radius 1 is 1.09 bits per heavy atom. The van der Waals surface area contributed by atoms with Gasteiger partial charge in [-0.3, -0.25) is 4.79 Å². The first kappa shape index (κ1) is 17.2. The predicted octanol–water partition coefficient (Wildman–Crippen LogP) is 3.31. The Morgan fingerprint density at radius 2 is 1.87 bits per heavy atom. The smallest absolute Gasteiger partial charge is 0.271 e. The highest BCUT2D eigenvalue weighted by atomic mass is 35.5. The van der Waals surface area contributed by atoms with Gasteiger partial charge < -0.3 is 10.6 Å². The summed E-state index contributed by atoms with van der Waals surface area (Å²) in [6.07, 6.45) is 2.94. The SMILES string of the molecule is CCCCNc1ccc(C(=O)NCCc2ccc(Cl)cc2)nn1. The average Bonchev–Trinajstić information content (AvgIpc) is 2.57. The van der Waals surface area contributed by atoms with Crippen molar-refractivity contribution in [2.24, 2.45) is 0 Å². The molecular weight excluding hydrogens is 312 g/mol. The number of hydrogen-bond acceptors (Lipinski definition) is 4. The predicted molar refractivity (Wildman–Crippen MR) is 92.9 cm³/mol. The standard InChI is InChI=1S/C17H21ClN4O/c1-2-3-11-19-16-9-8-15(21-22-16)17(23)20-12-10-13-4-6-14(18)7-5-13/h4-9H,2-3,10-12H2,1H3,(H,19,22)(H,20,23). The van der Waals surface area contributed by atoms with E-state index in [0.717, 1.165) is 31.4 Å². The zero-order valence-electron chi connectivity index (χ0n) is 13.2. The van der Waals surface area contributed by atoms with Gasteiger partial charge in [0.05, 0.1) is 0 Å². The molecule has 0 spiro atoms. The topological polar surface area (TPSA) is 66.9 Å². The fourth-order valence-electron chi connectivity index (χ4n) is 2.00. The summed E-state index contributed by atoms with van der Waals surface area (Å²) >= 11 is 5.84. The minimum absolute atomic E-state index is 0.216. The summed E-state index contributed by atoms with van der Waals surface area (Å²) in [5.74, 6) is 0.475. The largest absolute Gasteiger partial charge is 0.369 e. The fraction of sp³-hybridized carbons (Fsp3) is 0.353. The molecule has 0 unspecified atom stereocenters. The van der Waals surface area contributed by atoms with Crippen LogP contribution in [0.15, 0.2) is 36.4 Å². The third kappa shape index (κ3) is 5.87. The van der Waals surface area contributed by atoms with E-state index in [1.807, 2.05) is 24.3 Å². The highest BCUT2D eigenvalue weighted by Crippen LogP contribution is 2.09. The lowest BCUT2D eigenvalue weighted by Gasteiger charge is -2.06. The molecule has 0 aliphatic rings. The molecule has 2 aromatic rings. The minimum atomic E-state index is -0.216. The zero-order valence-corrected chi connectivity index (χ0v) is 13.9. The zero-order chi connectivity index (χ0) is 16.5. The van der Waals surface area contributed by atoms with Crippen molar-refractivity contribution < 1.29 is 4.79 Å². The van der Waals surface area contributed by atoms with Gasteiger partial charge in [-0.05, 0) is 42.7 Å². The number of carbonyl (C=O) groups is 1. The van der Waals surface area contributed by atoms with E-state index in [1.54, 1.807) is 12.1 Å². The number of anilines is 1. The summed E-state index contributed by atoms with van der Waals surface area (Å²) in [6, 6.07) is 11.0. The van der Waals surface area contributed by atoms with Crippen LogP contribution in [0.3, 0.4) is 0 Å². The third-order valence-corrected chi connectivity index (χ3v) is 3.60. The van der Waals surface area contributed by atoms with E-state index in [-0.39, 0.29) is 5.91 Å². The second kappa shape index (κ2) is 9.10. The number of halogens is 1. The summed E-state index contributed by atoms with van der Waals surface area (Å²) in [5.41, 5.74) is 1.44. The van der Waals surface area contributed by atoms with Crippen molar-refractivity contribution in [3.8, 4) is 0 Å². The molecule has 6 heteroatoms. The van der Waals surface area contributed by atoms with Crippen LogP contribution in [-0.4, -0.2) is 29.2 Å². The maximum Gasteiger partial charge on any atom is 0.271 e.